The lowest BCUT2D eigenvalue weighted by Crippen LogP contribution is -2.25. The van der Waals surface area contributed by atoms with Crippen molar-refractivity contribution in [2.24, 2.45) is 0 Å². The molecule has 3 aromatic carbocycles. The summed E-state index contributed by atoms with van der Waals surface area (Å²) in [6.07, 6.45) is 0. The Labute approximate surface area is 178 Å². The van der Waals surface area contributed by atoms with Gasteiger partial charge in [0, 0.05) is 16.8 Å². The lowest BCUT2D eigenvalue weighted by atomic mass is 9.87. The Morgan fingerprint density at radius 2 is 1.26 bits per heavy atom. The number of para-hydroxylation sites is 2. The van der Waals surface area contributed by atoms with E-state index in [1.165, 1.54) is 32.4 Å². The number of fused-ring (bicyclic) bond motifs is 2. The van der Waals surface area contributed by atoms with Crippen LogP contribution in [0.5, 0.6) is 11.5 Å². The summed E-state index contributed by atoms with van der Waals surface area (Å²) in [5.74, 6) is -1.05. The van der Waals surface area contributed by atoms with E-state index in [1.807, 2.05) is 36.4 Å². The number of esters is 2. The number of carbonyl (C=O) groups is 3. The molecule has 0 saturated heterocycles. The number of methoxy groups -OCH3 is 2. The second-order valence-corrected chi connectivity index (χ2v) is 6.88. The highest BCUT2D eigenvalue weighted by Gasteiger charge is 2.32. The molecule has 0 bridgehead atoms. The van der Waals surface area contributed by atoms with Gasteiger partial charge in [-0.05, 0) is 30.3 Å². The topological polar surface area (TPSA) is 90.9 Å². The molecule has 0 spiro atoms. The van der Waals surface area contributed by atoms with Gasteiger partial charge in [0.15, 0.2) is 0 Å². The van der Waals surface area contributed by atoms with Crippen LogP contribution in [0.1, 0.15) is 37.8 Å². The van der Waals surface area contributed by atoms with E-state index in [1.54, 1.807) is 12.1 Å². The average molecular weight is 417 g/mol. The van der Waals surface area contributed by atoms with Gasteiger partial charge < -0.3 is 19.5 Å². The molecule has 0 fully saturated rings. The highest BCUT2D eigenvalue weighted by molar-refractivity contribution is 6.02. The minimum Gasteiger partial charge on any atom is -0.465 e. The second-order valence-electron chi connectivity index (χ2n) is 6.88. The molecule has 1 aliphatic rings. The average Bonchev–Trinajstić information content (AvgIpc) is 2.80. The highest BCUT2D eigenvalue weighted by Crippen LogP contribution is 2.44. The van der Waals surface area contributed by atoms with Crippen LogP contribution >= 0.6 is 0 Å². The fraction of sp³-hybridized carbons (Fsp3) is 0.125. The molecule has 1 amide bonds. The summed E-state index contributed by atoms with van der Waals surface area (Å²) in [5.41, 5.74) is 1.95. The van der Waals surface area contributed by atoms with E-state index in [2.05, 4.69) is 5.32 Å². The van der Waals surface area contributed by atoms with Gasteiger partial charge >= 0.3 is 11.9 Å². The number of anilines is 1. The third-order valence-electron chi connectivity index (χ3n) is 4.98. The standard InChI is InChI=1S/C24H19NO6/c1-29-23(27)14-11-15(24(28)30-2)13-16(12-14)25-22(26)21-17-7-3-5-9-19(17)31-20-10-6-4-8-18(20)21/h3-13,21H,1-2H3,(H,25,26). The number of hydrogen-bond donors (Lipinski definition) is 1. The van der Waals surface area contributed by atoms with Gasteiger partial charge in [0.25, 0.3) is 0 Å². The fourth-order valence-electron chi connectivity index (χ4n) is 3.58. The number of ether oxygens (including phenoxy) is 3. The lowest BCUT2D eigenvalue weighted by Gasteiger charge is -2.27. The molecule has 0 atom stereocenters. The molecule has 7 heteroatoms. The van der Waals surface area contributed by atoms with Gasteiger partial charge in [0.1, 0.15) is 11.5 Å². The number of rotatable bonds is 4. The molecule has 0 unspecified atom stereocenters. The molecule has 1 N–H and O–H groups in total. The predicted molar refractivity (Wildman–Crippen MR) is 113 cm³/mol. The molecule has 156 valence electrons. The van der Waals surface area contributed by atoms with Crippen molar-refractivity contribution in [3.63, 3.8) is 0 Å². The molecule has 3 aromatic rings. The van der Waals surface area contributed by atoms with Crippen molar-refractivity contribution >= 4 is 23.5 Å². The quantitative estimate of drug-likeness (QED) is 0.642. The molecule has 31 heavy (non-hydrogen) atoms. The molecule has 4 rings (SSSR count). The van der Waals surface area contributed by atoms with Crippen molar-refractivity contribution < 1.29 is 28.6 Å². The van der Waals surface area contributed by atoms with E-state index in [4.69, 9.17) is 14.2 Å². The van der Waals surface area contributed by atoms with Crippen LogP contribution in [0.2, 0.25) is 0 Å². The van der Waals surface area contributed by atoms with E-state index in [0.717, 1.165) is 11.1 Å². The summed E-state index contributed by atoms with van der Waals surface area (Å²) in [7, 11) is 2.47. The SMILES string of the molecule is COC(=O)c1cc(NC(=O)C2c3ccccc3Oc3ccccc32)cc(C(=O)OC)c1. The Kier molecular flexibility index (Phi) is 5.41. The first-order chi connectivity index (χ1) is 15.0. The van der Waals surface area contributed by atoms with E-state index < -0.39 is 17.9 Å². The first kappa shape index (κ1) is 20.2. The van der Waals surface area contributed by atoms with E-state index in [9.17, 15) is 14.4 Å². The van der Waals surface area contributed by atoms with Gasteiger partial charge in [-0.15, -0.1) is 0 Å². The van der Waals surface area contributed by atoms with E-state index >= 15 is 0 Å². The van der Waals surface area contributed by atoms with Gasteiger partial charge in [-0.2, -0.15) is 0 Å². The highest BCUT2D eigenvalue weighted by atomic mass is 16.5. The maximum Gasteiger partial charge on any atom is 0.337 e. The van der Waals surface area contributed by atoms with Gasteiger partial charge in [-0.1, -0.05) is 36.4 Å². The van der Waals surface area contributed by atoms with Crippen molar-refractivity contribution in [2.45, 2.75) is 5.92 Å². The minimum absolute atomic E-state index is 0.119. The summed E-state index contributed by atoms with van der Waals surface area (Å²) >= 11 is 0. The zero-order valence-electron chi connectivity index (χ0n) is 16.9. The zero-order chi connectivity index (χ0) is 22.0. The van der Waals surface area contributed by atoms with Gasteiger partial charge in [0.05, 0.1) is 31.3 Å². The summed E-state index contributed by atoms with van der Waals surface area (Å²) in [6.45, 7) is 0. The molecular formula is C24H19NO6. The number of nitrogens with one attached hydrogen (secondary N) is 1. The third-order valence-corrected chi connectivity index (χ3v) is 4.98. The lowest BCUT2D eigenvalue weighted by molar-refractivity contribution is -0.116. The van der Waals surface area contributed by atoms with Gasteiger partial charge in [-0.25, -0.2) is 9.59 Å². The Balaban J connectivity index is 1.74. The fourth-order valence-corrected chi connectivity index (χ4v) is 3.58. The normalized spacial score (nSPS) is 12.1. The second kappa shape index (κ2) is 8.31. The summed E-state index contributed by atoms with van der Waals surface area (Å²) in [5, 5.41) is 2.82. The molecule has 0 radical (unpaired) electrons. The molecule has 0 aliphatic carbocycles. The van der Waals surface area contributed by atoms with Gasteiger partial charge in [0.2, 0.25) is 5.91 Å². The van der Waals surface area contributed by atoms with Crippen LogP contribution in [0.25, 0.3) is 0 Å². The third kappa shape index (κ3) is 3.85. The first-order valence-corrected chi connectivity index (χ1v) is 9.50. The molecule has 7 nitrogen and oxygen atoms in total. The van der Waals surface area contributed by atoms with Crippen LogP contribution in [-0.2, 0) is 14.3 Å². The Hall–Kier alpha value is -4.13. The smallest absolute Gasteiger partial charge is 0.337 e. The Morgan fingerprint density at radius 1 is 0.774 bits per heavy atom. The van der Waals surface area contributed by atoms with E-state index in [0.29, 0.717) is 11.5 Å². The van der Waals surface area contributed by atoms with Crippen molar-refractivity contribution in [3.05, 3.63) is 89.0 Å². The van der Waals surface area contributed by atoms with Crippen molar-refractivity contribution in [1.29, 1.82) is 0 Å². The molecular weight excluding hydrogens is 398 g/mol. The van der Waals surface area contributed by atoms with Crippen LogP contribution < -0.4 is 10.1 Å². The monoisotopic (exact) mass is 417 g/mol. The van der Waals surface area contributed by atoms with Crippen molar-refractivity contribution in [1.82, 2.24) is 0 Å². The minimum atomic E-state index is -0.636. The number of hydrogen-bond acceptors (Lipinski definition) is 6. The predicted octanol–water partition coefficient (Wildman–Crippen LogP) is 4.14. The Bertz CT molecular complexity index is 1110. The van der Waals surface area contributed by atoms with E-state index in [-0.39, 0.29) is 22.7 Å². The van der Waals surface area contributed by atoms with Crippen LogP contribution in [0.3, 0.4) is 0 Å². The molecule has 1 aliphatic heterocycles. The summed E-state index contributed by atoms with van der Waals surface area (Å²) in [4.78, 5) is 37.5. The molecule has 0 saturated carbocycles. The summed E-state index contributed by atoms with van der Waals surface area (Å²) in [6, 6.07) is 18.9. The number of benzene rings is 3. The van der Waals surface area contributed by atoms with Crippen LogP contribution in [0.15, 0.2) is 66.7 Å². The van der Waals surface area contributed by atoms with Crippen molar-refractivity contribution in [2.75, 3.05) is 19.5 Å². The number of amides is 1. The number of carbonyl (C=O) groups excluding carboxylic acids is 3. The maximum absolute atomic E-state index is 13.4. The largest absolute Gasteiger partial charge is 0.465 e. The maximum atomic E-state index is 13.4. The molecule has 0 aromatic heterocycles. The molecule has 1 heterocycles. The zero-order valence-corrected chi connectivity index (χ0v) is 16.9. The van der Waals surface area contributed by atoms with Crippen LogP contribution in [-0.4, -0.2) is 32.1 Å². The van der Waals surface area contributed by atoms with Gasteiger partial charge in [-0.3, -0.25) is 4.79 Å². The van der Waals surface area contributed by atoms with Crippen LogP contribution in [0, 0.1) is 0 Å². The summed E-state index contributed by atoms with van der Waals surface area (Å²) < 4.78 is 15.4. The van der Waals surface area contributed by atoms with Crippen molar-refractivity contribution in [3.8, 4) is 11.5 Å². The first-order valence-electron chi connectivity index (χ1n) is 9.50. The Morgan fingerprint density at radius 3 is 1.74 bits per heavy atom. The van der Waals surface area contributed by atoms with Crippen LogP contribution in [0.4, 0.5) is 5.69 Å².